The lowest BCUT2D eigenvalue weighted by molar-refractivity contribution is 0.174. The molecule has 0 aliphatic carbocycles. The van der Waals surface area contributed by atoms with Crippen molar-refractivity contribution in [2.75, 3.05) is 26.2 Å². The molecule has 72 valence electrons. The number of nitrogens with zero attached hydrogens (tertiary/aromatic N) is 1. The topological polar surface area (TPSA) is 15.3 Å². The fourth-order valence-corrected chi connectivity index (χ4v) is 2.03. The zero-order chi connectivity index (χ0) is 8.81. The third-order valence-corrected chi connectivity index (χ3v) is 2.70. The standard InChI is InChI=1S/C10H22N2/c1-3-8-12(4-2)10-6-5-7-11-9-10/h10-11H,3-9H2,1-2H3. The molecular weight excluding hydrogens is 148 g/mol. The van der Waals surface area contributed by atoms with E-state index in [1.807, 2.05) is 0 Å². The molecular formula is C10H22N2. The fraction of sp³-hybridized carbons (Fsp3) is 1.00. The molecule has 1 heterocycles. The molecule has 0 radical (unpaired) electrons. The molecule has 0 bridgehead atoms. The van der Waals surface area contributed by atoms with Crippen LogP contribution < -0.4 is 5.32 Å². The lowest BCUT2D eigenvalue weighted by atomic mass is 10.1. The number of hydrogen-bond donors (Lipinski definition) is 1. The van der Waals surface area contributed by atoms with Gasteiger partial charge in [-0.15, -0.1) is 0 Å². The number of nitrogens with one attached hydrogen (secondary N) is 1. The zero-order valence-corrected chi connectivity index (χ0v) is 8.47. The van der Waals surface area contributed by atoms with Crippen molar-refractivity contribution in [2.24, 2.45) is 0 Å². The van der Waals surface area contributed by atoms with Crippen molar-refractivity contribution in [3.63, 3.8) is 0 Å². The molecule has 0 spiro atoms. The van der Waals surface area contributed by atoms with E-state index in [4.69, 9.17) is 0 Å². The van der Waals surface area contributed by atoms with Crippen molar-refractivity contribution >= 4 is 0 Å². The highest BCUT2D eigenvalue weighted by Crippen LogP contribution is 2.09. The van der Waals surface area contributed by atoms with Crippen LogP contribution in [-0.4, -0.2) is 37.1 Å². The van der Waals surface area contributed by atoms with Crippen molar-refractivity contribution in [3.8, 4) is 0 Å². The van der Waals surface area contributed by atoms with E-state index in [0.29, 0.717) is 0 Å². The predicted octanol–water partition coefficient (Wildman–Crippen LogP) is 1.47. The second kappa shape index (κ2) is 5.55. The van der Waals surface area contributed by atoms with Crippen LogP contribution in [0.25, 0.3) is 0 Å². The Kier molecular flexibility index (Phi) is 4.62. The van der Waals surface area contributed by atoms with Gasteiger partial charge in [0.2, 0.25) is 0 Å². The highest BCUT2D eigenvalue weighted by atomic mass is 15.2. The first-order valence-electron chi connectivity index (χ1n) is 5.33. The SMILES string of the molecule is CCCN(CC)C1CCCNC1. The van der Waals surface area contributed by atoms with E-state index in [2.05, 4.69) is 24.1 Å². The first kappa shape index (κ1) is 10.0. The monoisotopic (exact) mass is 170 g/mol. The summed E-state index contributed by atoms with van der Waals surface area (Å²) in [7, 11) is 0. The summed E-state index contributed by atoms with van der Waals surface area (Å²) in [6.45, 7) is 9.43. The molecule has 1 atom stereocenters. The summed E-state index contributed by atoms with van der Waals surface area (Å²) < 4.78 is 0. The minimum Gasteiger partial charge on any atom is -0.315 e. The normalized spacial score (nSPS) is 24.8. The quantitative estimate of drug-likeness (QED) is 0.687. The van der Waals surface area contributed by atoms with Gasteiger partial charge in [-0.25, -0.2) is 0 Å². The summed E-state index contributed by atoms with van der Waals surface area (Å²) in [6, 6.07) is 0.809. The summed E-state index contributed by atoms with van der Waals surface area (Å²) in [6.07, 6.45) is 4.02. The molecule has 1 fully saturated rings. The summed E-state index contributed by atoms with van der Waals surface area (Å²) in [5, 5.41) is 3.47. The van der Waals surface area contributed by atoms with Crippen LogP contribution in [0.4, 0.5) is 0 Å². The Labute approximate surface area is 76.3 Å². The van der Waals surface area contributed by atoms with E-state index >= 15 is 0 Å². The Morgan fingerprint density at radius 2 is 2.25 bits per heavy atom. The summed E-state index contributed by atoms with van der Waals surface area (Å²) >= 11 is 0. The Balaban J connectivity index is 2.29. The first-order chi connectivity index (χ1) is 5.88. The second-order valence-corrected chi connectivity index (χ2v) is 3.63. The van der Waals surface area contributed by atoms with Crippen LogP contribution in [0, 0.1) is 0 Å². The van der Waals surface area contributed by atoms with Crippen LogP contribution in [0.15, 0.2) is 0 Å². The first-order valence-corrected chi connectivity index (χ1v) is 5.33. The Hall–Kier alpha value is -0.0800. The van der Waals surface area contributed by atoms with E-state index in [1.165, 1.54) is 45.4 Å². The fourth-order valence-electron chi connectivity index (χ4n) is 2.03. The molecule has 0 aromatic rings. The van der Waals surface area contributed by atoms with E-state index in [-0.39, 0.29) is 0 Å². The molecule has 1 rings (SSSR count). The molecule has 1 unspecified atom stereocenters. The smallest absolute Gasteiger partial charge is 0.0220 e. The van der Waals surface area contributed by atoms with Crippen LogP contribution in [0.2, 0.25) is 0 Å². The highest BCUT2D eigenvalue weighted by molar-refractivity contribution is 4.77. The van der Waals surface area contributed by atoms with E-state index in [9.17, 15) is 0 Å². The van der Waals surface area contributed by atoms with Crippen LogP contribution in [0.1, 0.15) is 33.1 Å². The van der Waals surface area contributed by atoms with Crippen molar-refractivity contribution < 1.29 is 0 Å². The Bertz CT molecular complexity index is 106. The minimum absolute atomic E-state index is 0.809. The van der Waals surface area contributed by atoms with E-state index < -0.39 is 0 Å². The molecule has 0 amide bonds. The molecule has 1 N–H and O–H groups in total. The summed E-state index contributed by atoms with van der Waals surface area (Å²) in [4.78, 5) is 2.60. The van der Waals surface area contributed by atoms with E-state index in [1.54, 1.807) is 0 Å². The molecule has 0 aromatic carbocycles. The number of hydrogen-bond acceptors (Lipinski definition) is 2. The van der Waals surface area contributed by atoms with Crippen LogP contribution in [-0.2, 0) is 0 Å². The lowest BCUT2D eigenvalue weighted by Gasteiger charge is -2.33. The van der Waals surface area contributed by atoms with Gasteiger partial charge in [-0.05, 0) is 38.9 Å². The maximum Gasteiger partial charge on any atom is 0.0220 e. The molecule has 12 heavy (non-hydrogen) atoms. The molecule has 0 aromatic heterocycles. The van der Waals surface area contributed by atoms with Gasteiger partial charge in [0.1, 0.15) is 0 Å². The van der Waals surface area contributed by atoms with Crippen molar-refractivity contribution in [3.05, 3.63) is 0 Å². The van der Waals surface area contributed by atoms with Gasteiger partial charge in [0.15, 0.2) is 0 Å². The van der Waals surface area contributed by atoms with Crippen LogP contribution >= 0.6 is 0 Å². The summed E-state index contributed by atoms with van der Waals surface area (Å²) in [5.74, 6) is 0. The second-order valence-electron chi connectivity index (χ2n) is 3.63. The Morgan fingerprint density at radius 3 is 2.75 bits per heavy atom. The largest absolute Gasteiger partial charge is 0.315 e. The maximum atomic E-state index is 3.47. The minimum atomic E-state index is 0.809. The van der Waals surface area contributed by atoms with Crippen LogP contribution in [0.3, 0.4) is 0 Å². The average molecular weight is 170 g/mol. The average Bonchev–Trinajstić information content (AvgIpc) is 2.15. The van der Waals surface area contributed by atoms with Gasteiger partial charge in [-0.3, -0.25) is 4.90 Å². The lowest BCUT2D eigenvalue weighted by Crippen LogP contribution is -2.46. The molecule has 1 aliphatic rings. The van der Waals surface area contributed by atoms with Crippen molar-refractivity contribution in [1.29, 1.82) is 0 Å². The van der Waals surface area contributed by atoms with Gasteiger partial charge >= 0.3 is 0 Å². The van der Waals surface area contributed by atoms with Gasteiger partial charge in [0.25, 0.3) is 0 Å². The van der Waals surface area contributed by atoms with Gasteiger partial charge in [0, 0.05) is 12.6 Å². The van der Waals surface area contributed by atoms with E-state index in [0.717, 1.165) is 6.04 Å². The predicted molar refractivity (Wildman–Crippen MR) is 53.4 cm³/mol. The van der Waals surface area contributed by atoms with Gasteiger partial charge in [-0.2, -0.15) is 0 Å². The van der Waals surface area contributed by atoms with Gasteiger partial charge in [0.05, 0.1) is 0 Å². The summed E-state index contributed by atoms with van der Waals surface area (Å²) in [5.41, 5.74) is 0. The van der Waals surface area contributed by atoms with Crippen molar-refractivity contribution in [2.45, 2.75) is 39.2 Å². The third-order valence-electron chi connectivity index (χ3n) is 2.70. The molecule has 0 saturated carbocycles. The molecule has 2 nitrogen and oxygen atoms in total. The zero-order valence-electron chi connectivity index (χ0n) is 8.47. The third kappa shape index (κ3) is 2.76. The van der Waals surface area contributed by atoms with Crippen LogP contribution in [0.5, 0.6) is 0 Å². The molecule has 2 heteroatoms. The molecule has 1 saturated heterocycles. The van der Waals surface area contributed by atoms with Gasteiger partial charge in [-0.1, -0.05) is 13.8 Å². The maximum absolute atomic E-state index is 3.47. The van der Waals surface area contributed by atoms with Crippen molar-refractivity contribution in [1.82, 2.24) is 10.2 Å². The number of piperidine rings is 1. The highest BCUT2D eigenvalue weighted by Gasteiger charge is 2.18. The Morgan fingerprint density at radius 1 is 1.42 bits per heavy atom. The molecule has 1 aliphatic heterocycles. The van der Waals surface area contributed by atoms with Gasteiger partial charge < -0.3 is 5.32 Å². The number of rotatable bonds is 4. The number of likely N-dealkylation sites (N-methyl/N-ethyl adjacent to an activating group) is 1.